The molecule has 1 N–H and O–H groups in total. The molecule has 0 aromatic heterocycles. The van der Waals surface area contributed by atoms with Gasteiger partial charge in [0, 0.05) is 4.47 Å². The zero-order valence-corrected chi connectivity index (χ0v) is 11.4. The molecular formula is C12H14BrF3O. The van der Waals surface area contributed by atoms with Crippen LogP contribution in [0.25, 0.3) is 0 Å². The summed E-state index contributed by atoms with van der Waals surface area (Å²) in [6, 6.07) is 3.79. The summed E-state index contributed by atoms with van der Waals surface area (Å²) >= 11 is 2.86. The molecule has 96 valence electrons. The van der Waals surface area contributed by atoms with E-state index in [-0.39, 0.29) is 10.0 Å². The fourth-order valence-corrected chi connectivity index (χ4v) is 1.90. The van der Waals surface area contributed by atoms with Gasteiger partial charge in [0.1, 0.15) is 0 Å². The predicted octanol–water partition coefficient (Wildman–Crippen LogP) is 4.55. The number of rotatable bonds is 1. The molecule has 1 aromatic carbocycles. The molecule has 0 amide bonds. The van der Waals surface area contributed by atoms with E-state index in [4.69, 9.17) is 0 Å². The van der Waals surface area contributed by atoms with E-state index in [1.165, 1.54) is 12.1 Å². The third-order valence-electron chi connectivity index (χ3n) is 2.43. The summed E-state index contributed by atoms with van der Waals surface area (Å²) in [6.07, 6.45) is -5.36. The van der Waals surface area contributed by atoms with Crippen molar-refractivity contribution >= 4 is 15.9 Å². The minimum atomic E-state index is -4.42. The molecule has 17 heavy (non-hydrogen) atoms. The number of halogens is 4. The molecule has 0 aliphatic rings. The molecule has 1 rings (SSSR count). The van der Waals surface area contributed by atoms with Crippen LogP contribution in [0.1, 0.15) is 38.0 Å². The molecule has 0 radical (unpaired) electrons. The largest absolute Gasteiger partial charge is 0.417 e. The Bertz CT molecular complexity index is 407. The summed E-state index contributed by atoms with van der Waals surface area (Å²) in [4.78, 5) is 0. The summed E-state index contributed by atoms with van der Waals surface area (Å²) in [5, 5.41) is 9.96. The molecule has 0 fully saturated rings. The average molecular weight is 311 g/mol. The molecule has 1 unspecified atom stereocenters. The number of hydrogen-bond donors (Lipinski definition) is 1. The van der Waals surface area contributed by atoms with Gasteiger partial charge in [0.05, 0.1) is 11.7 Å². The van der Waals surface area contributed by atoms with Crippen molar-refractivity contribution in [3.05, 3.63) is 33.8 Å². The standard InChI is InChI=1S/C12H14BrF3O/c1-11(2,3)10(17)7-4-5-9(13)8(6-7)12(14,15)16/h4-6,10,17H,1-3H3. The first-order valence-electron chi connectivity index (χ1n) is 5.08. The fourth-order valence-electron chi connectivity index (χ4n) is 1.43. The molecule has 0 saturated heterocycles. The normalized spacial score (nSPS) is 14.8. The molecule has 1 aromatic rings. The summed E-state index contributed by atoms with van der Waals surface area (Å²) in [7, 11) is 0. The van der Waals surface area contributed by atoms with E-state index >= 15 is 0 Å². The van der Waals surface area contributed by atoms with E-state index in [1.807, 2.05) is 0 Å². The van der Waals surface area contributed by atoms with Crippen LogP contribution in [-0.4, -0.2) is 5.11 Å². The van der Waals surface area contributed by atoms with Gasteiger partial charge >= 0.3 is 6.18 Å². The van der Waals surface area contributed by atoms with Gasteiger partial charge in [-0.15, -0.1) is 0 Å². The van der Waals surface area contributed by atoms with E-state index in [2.05, 4.69) is 15.9 Å². The minimum Gasteiger partial charge on any atom is -0.388 e. The first-order valence-corrected chi connectivity index (χ1v) is 5.87. The molecule has 0 aliphatic carbocycles. The Labute approximate surface area is 107 Å². The van der Waals surface area contributed by atoms with Crippen LogP contribution in [-0.2, 0) is 6.18 Å². The first-order chi connectivity index (χ1) is 7.53. The Balaban J connectivity index is 3.23. The monoisotopic (exact) mass is 310 g/mol. The molecule has 0 aliphatic heterocycles. The van der Waals surface area contributed by atoms with Gasteiger partial charge in [-0.1, -0.05) is 42.8 Å². The van der Waals surface area contributed by atoms with Crippen molar-refractivity contribution in [1.82, 2.24) is 0 Å². The van der Waals surface area contributed by atoms with Crippen molar-refractivity contribution in [1.29, 1.82) is 0 Å². The van der Waals surface area contributed by atoms with Crippen LogP contribution in [0.15, 0.2) is 22.7 Å². The van der Waals surface area contributed by atoms with Crippen molar-refractivity contribution in [3.8, 4) is 0 Å². The van der Waals surface area contributed by atoms with Crippen LogP contribution in [0.2, 0.25) is 0 Å². The van der Waals surface area contributed by atoms with Crippen LogP contribution in [0.3, 0.4) is 0 Å². The zero-order chi connectivity index (χ0) is 13.4. The van der Waals surface area contributed by atoms with E-state index in [1.54, 1.807) is 20.8 Å². The smallest absolute Gasteiger partial charge is 0.388 e. The lowest BCUT2D eigenvalue weighted by atomic mass is 9.84. The van der Waals surface area contributed by atoms with Gasteiger partial charge in [-0.2, -0.15) is 13.2 Å². The maximum atomic E-state index is 12.7. The SMILES string of the molecule is CC(C)(C)C(O)c1ccc(Br)c(C(F)(F)F)c1. The average Bonchev–Trinajstić information content (AvgIpc) is 2.14. The zero-order valence-electron chi connectivity index (χ0n) is 9.77. The summed E-state index contributed by atoms with van der Waals surface area (Å²) in [6.45, 7) is 5.31. The molecule has 0 spiro atoms. The van der Waals surface area contributed by atoms with Gasteiger partial charge < -0.3 is 5.11 Å². The third kappa shape index (κ3) is 3.45. The fraction of sp³-hybridized carbons (Fsp3) is 0.500. The Morgan fingerprint density at radius 3 is 2.12 bits per heavy atom. The van der Waals surface area contributed by atoms with Gasteiger partial charge in [-0.05, 0) is 23.1 Å². The quantitative estimate of drug-likeness (QED) is 0.807. The van der Waals surface area contributed by atoms with Crippen LogP contribution in [0, 0.1) is 5.41 Å². The second-order valence-corrected chi connectivity index (χ2v) is 5.86. The number of aliphatic hydroxyl groups is 1. The molecule has 0 heterocycles. The molecule has 0 bridgehead atoms. The third-order valence-corrected chi connectivity index (χ3v) is 3.12. The van der Waals surface area contributed by atoms with Crippen molar-refractivity contribution < 1.29 is 18.3 Å². The van der Waals surface area contributed by atoms with E-state index in [9.17, 15) is 18.3 Å². The Hall–Kier alpha value is -0.550. The van der Waals surface area contributed by atoms with Crippen molar-refractivity contribution in [2.45, 2.75) is 33.1 Å². The number of hydrogen-bond acceptors (Lipinski definition) is 1. The highest BCUT2D eigenvalue weighted by Crippen LogP contribution is 2.39. The van der Waals surface area contributed by atoms with Crippen molar-refractivity contribution in [2.24, 2.45) is 5.41 Å². The van der Waals surface area contributed by atoms with Crippen LogP contribution >= 0.6 is 15.9 Å². The first kappa shape index (κ1) is 14.5. The molecule has 5 heteroatoms. The molecule has 0 saturated carbocycles. The summed E-state index contributed by atoms with van der Waals surface area (Å²) in [5.41, 5.74) is -0.997. The highest BCUT2D eigenvalue weighted by molar-refractivity contribution is 9.10. The van der Waals surface area contributed by atoms with E-state index in [0.29, 0.717) is 0 Å². The second-order valence-electron chi connectivity index (χ2n) is 5.01. The molecule has 1 nitrogen and oxygen atoms in total. The van der Waals surface area contributed by atoms with Gasteiger partial charge in [-0.3, -0.25) is 0 Å². The highest BCUT2D eigenvalue weighted by Gasteiger charge is 2.34. The van der Waals surface area contributed by atoms with Crippen molar-refractivity contribution in [3.63, 3.8) is 0 Å². The Kier molecular flexibility index (Phi) is 3.94. The lowest BCUT2D eigenvalue weighted by molar-refractivity contribution is -0.138. The number of benzene rings is 1. The van der Waals surface area contributed by atoms with Gasteiger partial charge in [0.15, 0.2) is 0 Å². The topological polar surface area (TPSA) is 20.2 Å². The van der Waals surface area contributed by atoms with Crippen LogP contribution in [0.5, 0.6) is 0 Å². The van der Waals surface area contributed by atoms with Crippen LogP contribution in [0.4, 0.5) is 13.2 Å². The number of alkyl halides is 3. The summed E-state index contributed by atoms with van der Waals surface area (Å²) in [5.74, 6) is 0. The lowest BCUT2D eigenvalue weighted by Gasteiger charge is -2.26. The predicted molar refractivity (Wildman–Crippen MR) is 63.6 cm³/mol. The maximum absolute atomic E-state index is 12.7. The maximum Gasteiger partial charge on any atom is 0.417 e. The highest BCUT2D eigenvalue weighted by atomic mass is 79.9. The Morgan fingerprint density at radius 2 is 1.71 bits per heavy atom. The number of aliphatic hydroxyl groups excluding tert-OH is 1. The Morgan fingerprint density at radius 1 is 1.18 bits per heavy atom. The lowest BCUT2D eigenvalue weighted by Crippen LogP contribution is -2.18. The van der Waals surface area contributed by atoms with Gasteiger partial charge in [-0.25, -0.2) is 0 Å². The second kappa shape index (κ2) is 4.61. The molecular weight excluding hydrogens is 297 g/mol. The van der Waals surface area contributed by atoms with Gasteiger partial charge in [0.2, 0.25) is 0 Å². The van der Waals surface area contributed by atoms with E-state index < -0.39 is 23.3 Å². The van der Waals surface area contributed by atoms with Gasteiger partial charge in [0.25, 0.3) is 0 Å². The van der Waals surface area contributed by atoms with E-state index in [0.717, 1.165) is 6.07 Å². The molecule has 1 atom stereocenters. The summed E-state index contributed by atoms with van der Waals surface area (Å²) < 4.78 is 38.0. The van der Waals surface area contributed by atoms with Crippen molar-refractivity contribution in [2.75, 3.05) is 0 Å². The minimum absolute atomic E-state index is 0.0186. The van der Waals surface area contributed by atoms with Crippen LogP contribution < -0.4 is 0 Å².